The Hall–Kier alpha value is -2.49. The van der Waals surface area contributed by atoms with E-state index in [9.17, 15) is 0 Å². The van der Waals surface area contributed by atoms with Crippen LogP contribution in [-0.4, -0.2) is 15.1 Å². The first-order valence-corrected chi connectivity index (χ1v) is 6.19. The Morgan fingerprint density at radius 3 is 2.47 bits per heavy atom. The fourth-order valence-corrected chi connectivity index (χ4v) is 1.86. The van der Waals surface area contributed by atoms with Gasteiger partial charge in [0.15, 0.2) is 0 Å². The fourth-order valence-electron chi connectivity index (χ4n) is 1.86. The van der Waals surface area contributed by atoms with E-state index in [0.29, 0.717) is 11.7 Å². The molecule has 4 nitrogen and oxygen atoms in total. The lowest BCUT2D eigenvalue weighted by Gasteiger charge is -1.96. The molecule has 0 unspecified atom stereocenters. The molecule has 0 aliphatic rings. The number of hydrogen-bond acceptors (Lipinski definition) is 4. The zero-order valence-electron chi connectivity index (χ0n) is 10.4. The van der Waals surface area contributed by atoms with Crippen molar-refractivity contribution in [1.29, 1.82) is 0 Å². The maximum atomic E-state index is 5.26. The number of rotatable bonds is 4. The van der Waals surface area contributed by atoms with Gasteiger partial charge in [-0.2, -0.15) is 4.98 Å². The van der Waals surface area contributed by atoms with Crippen molar-refractivity contribution >= 4 is 0 Å². The predicted molar refractivity (Wildman–Crippen MR) is 71.4 cm³/mol. The van der Waals surface area contributed by atoms with Gasteiger partial charge in [0.05, 0.1) is 0 Å². The monoisotopic (exact) mass is 251 g/mol. The van der Waals surface area contributed by atoms with Gasteiger partial charge in [0.25, 0.3) is 0 Å². The van der Waals surface area contributed by atoms with Crippen LogP contribution >= 0.6 is 0 Å². The molecule has 3 rings (SSSR count). The topological polar surface area (TPSA) is 51.8 Å². The molecular weight excluding hydrogens is 238 g/mol. The minimum atomic E-state index is 0.644. The average Bonchev–Trinajstić information content (AvgIpc) is 2.96. The lowest BCUT2D eigenvalue weighted by Crippen LogP contribution is -1.91. The van der Waals surface area contributed by atoms with Crippen molar-refractivity contribution in [1.82, 2.24) is 15.1 Å². The van der Waals surface area contributed by atoms with Gasteiger partial charge < -0.3 is 4.52 Å². The molecule has 0 bridgehead atoms. The van der Waals surface area contributed by atoms with E-state index in [-0.39, 0.29) is 0 Å². The van der Waals surface area contributed by atoms with Crippen molar-refractivity contribution in [2.75, 3.05) is 0 Å². The second-order valence-corrected chi connectivity index (χ2v) is 4.23. The molecule has 3 aromatic rings. The number of pyridine rings is 1. The second kappa shape index (κ2) is 5.44. The molecule has 2 aromatic heterocycles. The van der Waals surface area contributed by atoms with E-state index in [1.807, 2.05) is 42.5 Å². The van der Waals surface area contributed by atoms with E-state index in [4.69, 9.17) is 4.52 Å². The second-order valence-electron chi connectivity index (χ2n) is 4.23. The van der Waals surface area contributed by atoms with Gasteiger partial charge in [0.1, 0.15) is 0 Å². The van der Waals surface area contributed by atoms with Gasteiger partial charge in [-0.1, -0.05) is 35.5 Å². The first-order valence-electron chi connectivity index (χ1n) is 6.19. The highest BCUT2D eigenvalue weighted by Gasteiger charge is 2.07. The van der Waals surface area contributed by atoms with E-state index < -0.39 is 0 Å². The Morgan fingerprint density at radius 1 is 0.895 bits per heavy atom. The zero-order chi connectivity index (χ0) is 12.9. The number of benzene rings is 1. The summed E-state index contributed by atoms with van der Waals surface area (Å²) in [5.74, 6) is 1.31. The molecular formula is C15H13N3O. The summed E-state index contributed by atoms with van der Waals surface area (Å²) in [5, 5.41) is 4.00. The maximum absolute atomic E-state index is 5.26. The molecule has 2 heterocycles. The highest BCUT2D eigenvalue weighted by Crippen LogP contribution is 2.15. The van der Waals surface area contributed by atoms with Crippen molar-refractivity contribution < 1.29 is 4.52 Å². The summed E-state index contributed by atoms with van der Waals surface area (Å²) >= 11 is 0. The Kier molecular flexibility index (Phi) is 3.32. The lowest BCUT2D eigenvalue weighted by molar-refractivity contribution is 0.379. The molecule has 94 valence electrons. The van der Waals surface area contributed by atoms with Crippen LogP contribution in [0.15, 0.2) is 59.4 Å². The summed E-state index contributed by atoms with van der Waals surface area (Å²) in [6.45, 7) is 0. The minimum absolute atomic E-state index is 0.644. The van der Waals surface area contributed by atoms with Gasteiger partial charge >= 0.3 is 0 Å². The molecule has 0 aliphatic carbocycles. The largest absolute Gasteiger partial charge is 0.339 e. The van der Waals surface area contributed by atoms with Gasteiger partial charge in [-0.15, -0.1) is 0 Å². The Labute approximate surface area is 111 Å². The molecule has 0 spiro atoms. The first kappa shape index (κ1) is 11.6. The van der Waals surface area contributed by atoms with E-state index in [0.717, 1.165) is 18.4 Å². The molecule has 0 radical (unpaired) electrons. The molecule has 0 aliphatic heterocycles. The van der Waals surface area contributed by atoms with Crippen LogP contribution in [0.2, 0.25) is 0 Å². The number of hydrogen-bond donors (Lipinski definition) is 0. The average molecular weight is 251 g/mol. The third kappa shape index (κ3) is 2.85. The van der Waals surface area contributed by atoms with Crippen LogP contribution in [0.4, 0.5) is 0 Å². The first-order chi connectivity index (χ1) is 9.42. The van der Waals surface area contributed by atoms with Crippen LogP contribution in [0.5, 0.6) is 0 Å². The van der Waals surface area contributed by atoms with Crippen molar-refractivity contribution in [3.05, 3.63) is 66.3 Å². The van der Waals surface area contributed by atoms with Crippen molar-refractivity contribution in [3.8, 4) is 11.4 Å². The molecule has 0 saturated heterocycles. The van der Waals surface area contributed by atoms with Gasteiger partial charge in [-0.05, 0) is 24.1 Å². The van der Waals surface area contributed by atoms with Gasteiger partial charge in [0, 0.05) is 24.4 Å². The van der Waals surface area contributed by atoms with Crippen LogP contribution in [0.25, 0.3) is 11.4 Å². The van der Waals surface area contributed by atoms with Crippen molar-refractivity contribution in [2.24, 2.45) is 0 Å². The Bertz CT molecular complexity index is 635. The predicted octanol–water partition coefficient (Wildman–Crippen LogP) is 2.92. The van der Waals surface area contributed by atoms with Crippen LogP contribution in [0.1, 0.15) is 11.5 Å². The molecule has 19 heavy (non-hydrogen) atoms. The third-order valence-corrected chi connectivity index (χ3v) is 2.88. The molecule has 0 N–H and O–H groups in total. The van der Waals surface area contributed by atoms with E-state index in [1.54, 1.807) is 12.4 Å². The van der Waals surface area contributed by atoms with E-state index in [2.05, 4.69) is 15.1 Å². The standard InChI is InChI=1S/C15H13N3O/c1-2-4-13(5-3-1)15-17-14(19-18-15)7-6-12-8-10-16-11-9-12/h1-5,8-11H,6-7H2. The summed E-state index contributed by atoms with van der Waals surface area (Å²) in [4.78, 5) is 8.39. The summed E-state index contributed by atoms with van der Waals surface area (Å²) in [7, 11) is 0. The molecule has 1 aromatic carbocycles. The van der Waals surface area contributed by atoms with Gasteiger partial charge in [0.2, 0.25) is 11.7 Å². The summed E-state index contributed by atoms with van der Waals surface area (Å²) in [6, 6.07) is 13.8. The van der Waals surface area contributed by atoms with Gasteiger partial charge in [-0.25, -0.2) is 0 Å². The zero-order valence-corrected chi connectivity index (χ0v) is 10.4. The number of aromatic nitrogens is 3. The fraction of sp³-hybridized carbons (Fsp3) is 0.133. The molecule has 0 atom stereocenters. The normalized spacial score (nSPS) is 10.5. The van der Waals surface area contributed by atoms with Crippen molar-refractivity contribution in [2.45, 2.75) is 12.8 Å². The maximum Gasteiger partial charge on any atom is 0.227 e. The minimum Gasteiger partial charge on any atom is -0.339 e. The highest BCUT2D eigenvalue weighted by atomic mass is 16.5. The third-order valence-electron chi connectivity index (χ3n) is 2.88. The van der Waals surface area contributed by atoms with Crippen LogP contribution in [-0.2, 0) is 12.8 Å². The highest BCUT2D eigenvalue weighted by molar-refractivity contribution is 5.53. The number of aryl methyl sites for hydroxylation is 2. The lowest BCUT2D eigenvalue weighted by atomic mass is 10.1. The van der Waals surface area contributed by atoms with Gasteiger partial charge in [-0.3, -0.25) is 4.98 Å². The smallest absolute Gasteiger partial charge is 0.227 e. The summed E-state index contributed by atoms with van der Waals surface area (Å²) < 4.78 is 5.26. The molecule has 4 heteroatoms. The SMILES string of the molecule is c1ccc(-c2noc(CCc3ccncc3)n2)cc1. The van der Waals surface area contributed by atoms with E-state index >= 15 is 0 Å². The summed E-state index contributed by atoms with van der Waals surface area (Å²) in [6.07, 6.45) is 5.19. The van der Waals surface area contributed by atoms with Crippen LogP contribution < -0.4 is 0 Å². The molecule has 0 saturated carbocycles. The Balaban J connectivity index is 1.69. The summed E-state index contributed by atoms with van der Waals surface area (Å²) in [5.41, 5.74) is 2.19. The quantitative estimate of drug-likeness (QED) is 0.715. The van der Waals surface area contributed by atoms with Crippen LogP contribution in [0, 0.1) is 0 Å². The molecule has 0 amide bonds. The Morgan fingerprint density at radius 2 is 1.68 bits per heavy atom. The molecule has 0 fully saturated rings. The number of nitrogens with zero attached hydrogens (tertiary/aromatic N) is 3. The van der Waals surface area contributed by atoms with Crippen molar-refractivity contribution in [3.63, 3.8) is 0 Å². The van der Waals surface area contributed by atoms with Crippen LogP contribution in [0.3, 0.4) is 0 Å². The van der Waals surface area contributed by atoms with E-state index in [1.165, 1.54) is 5.56 Å².